The highest BCUT2D eigenvalue weighted by Crippen LogP contribution is 2.18. The molecule has 0 radical (unpaired) electrons. The van der Waals surface area contributed by atoms with E-state index in [9.17, 15) is 4.79 Å². The number of hydrogen-bond acceptors (Lipinski definition) is 4. The number of hydrogen-bond donors (Lipinski definition) is 0. The molecule has 3 aromatic rings. The van der Waals surface area contributed by atoms with Gasteiger partial charge in [-0.15, -0.1) is 0 Å². The molecule has 0 aliphatic carbocycles. The number of pyridine rings is 1. The number of esters is 1. The van der Waals surface area contributed by atoms with E-state index < -0.39 is 0 Å². The van der Waals surface area contributed by atoms with Crippen LogP contribution in [0.25, 0.3) is 5.65 Å². The molecule has 2 aromatic heterocycles. The average molecular weight is 296 g/mol. The summed E-state index contributed by atoms with van der Waals surface area (Å²) in [5, 5.41) is 0. The molecule has 0 bridgehead atoms. The zero-order valence-electron chi connectivity index (χ0n) is 12.4. The van der Waals surface area contributed by atoms with Crippen molar-refractivity contribution in [1.29, 1.82) is 0 Å². The van der Waals surface area contributed by atoms with E-state index in [1.165, 1.54) is 0 Å². The molecule has 3 rings (SSSR count). The molecule has 1 aromatic carbocycles. The maximum Gasteiger partial charge on any atom is 0.357 e. The van der Waals surface area contributed by atoms with E-state index in [-0.39, 0.29) is 12.6 Å². The first-order valence-corrected chi connectivity index (χ1v) is 6.93. The normalized spacial score (nSPS) is 10.6. The predicted octanol–water partition coefficient (Wildman–Crippen LogP) is 3.01. The zero-order chi connectivity index (χ0) is 15.5. The fraction of sp³-hybridized carbons (Fsp3) is 0.176. The smallest absolute Gasteiger partial charge is 0.357 e. The maximum atomic E-state index is 12.4. The molecule has 0 aliphatic heterocycles. The second-order valence-corrected chi connectivity index (χ2v) is 4.90. The highest BCUT2D eigenvalue weighted by molar-refractivity contribution is 5.90. The summed E-state index contributed by atoms with van der Waals surface area (Å²) in [5.41, 5.74) is 2.67. The van der Waals surface area contributed by atoms with Crippen LogP contribution < -0.4 is 4.74 Å². The third-order valence-electron chi connectivity index (χ3n) is 3.41. The summed E-state index contributed by atoms with van der Waals surface area (Å²) in [6.45, 7) is 2.03. The lowest BCUT2D eigenvalue weighted by Crippen LogP contribution is -2.09. The Morgan fingerprint density at radius 2 is 2.00 bits per heavy atom. The topological polar surface area (TPSA) is 52.8 Å². The fourth-order valence-electron chi connectivity index (χ4n) is 2.31. The van der Waals surface area contributed by atoms with Gasteiger partial charge in [-0.05, 0) is 18.6 Å². The van der Waals surface area contributed by atoms with E-state index in [1.807, 2.05) is 30.3 Å². The Bertz CT molecular complexity index is 809. The fourth-order valence-corrected chi connectivity index (χ4v) is 2.31. The SMILES string of the molecule is COc1ccn2c(C(=O)OCc3ccccc3)c(C)nc2c1. The maximum absolute atomic E-state index is 12.4. The molecule has 0 saturated carbocycles. The molecule has 0 N–H and O–H groups in total. The van der Waals surface area contributed by atoms with Gasteiger partial charge in [0.2, 0.25) is 0 Å². The molecule has 22 heavy (non-hydrogen) atoms. The molecule has 2 heterocycles. The molecule has 0 aliphatic rings. The van der Waals surface area contributed by atoms with Gasteiger partial charge in [-0.2, -0.15) is 0 Å². The number of benzene rings is 1. The molecular formula is C17H16N2O3. The van der Waals surface area contributed by atoms with Gasteiger partial charge in [0.25, 0.3) is 0 Å². The number of carbonyl (C=O) groups excluding carboxylic acids is 1. The molecular weight excluding hydrogens is 280 g/mol. The van der Waals surface area contributed by atoms with Crippen LogP contribution in [0.15, 0.2) is 48.7 Å². The van der Waals surface area contributed by atoms with Gasteiger partial charge in [0.05, 0.1) is 12.8 Å². The summed E-state index contributed by atoms with van der Waals surface area (Å²) in [4.78, 5) is 16.7. The van der Waals surface area contributed by atoms with Crippen molar-refractivity contribution in [3.05, 3.63) is 65.6 Å². The first-order chi connectivity index (χ1) is 10.7. The lowest BCUT2D eigenvalue weighted by Gasteiger charge is -2.06. The van der Waals surface area contributed by atoms with Gasteiger partial charge >= 0.3 is 5.97 Å². The number of carbonyl (C=O) groups is 1. The van der Waals surface area contributed by atoms with Crippen LogP contribution in [-0.4, -0.2) is 22.5 Å². The van der Waals surface area contributed by atoms with Crippen molar-refractivity contribution < 1.29 is 14.3 Å². The minimum atomic E-state index is -0.390. The predicted molar refractivity (Wildman–Crippen MR) is 82.0 cm³/mol. The van der Waals surface area contributed by atoms with Crippen LogP contribution >= 0.6 is 0 Å². The van der Waals surface area contributed by atoms with E-state index in [1.54, 1.807) is 36.8 Å². The summed E-state index contributed by atoms with van der Waals surface area (Å²) >= 11 is 0. The van der Waals surface area contributed by atoms with Crippen molar-refractivity contribution in [2.24, 2.45) is 0 Å². The van der Waals surface area contributed by atoms with Crippen molar-refractivity contribution in [2.75, 3.05) is 7.11 Å². The molecule has 5 nitrogen and oxygen atoms in total. The van der Waals surface area contributed by atoms with Crippen LogP contribution in [0.5, 0.6) is 5.75 Å². The van der Waals surface area contributed by atoms with E-state index in [4.69, 9.17) is 9.47 Å². The Hall–Kier alpha value is -2.82. The number of imidazole rings is 1. The number of aromatic nitrogens is 2. The van der Waals surface area contributed by atoms with Crippen LogP contribution in [0.3, 0.4) is 0 Å². The quantitative estimate of drug-likeness (QED) is 0.694. The number of fused-ring (bicyclic) bond motifs is 1. The largest absolute Gasteiger partial charge is 0.497 e. The van der Waals surface area contributed by atoms with Gasteiger partial charge in [-0.25, -0.2) is 9.78 Å². The Morgan fingerprint density at radius 3 is 2.73 bits per heavy atom. The van der Waals surface area contributed by atoms with Crippen molar-refractivity contribution in [1.82, 2.24) is 9.38 Å². The Morgan fingerprint density at radius 1 is 1.23 bits per heavy atom. The number of rotatable bonds is 4. The second kappa shape index (κ2) is 5.89. The van der Waals surface area contributed by atoms with E-state index in [0.29, 0.717) is 22.8 Å². The molecule has 0 fully saturated rings. The summed E-state index contributed by atoms with van der Waals surface area (Å²) < 4.78 is 12.3. The highest BCUT2D eigenvalue weighted by Gasteiger charge is 2.18. The third kappa shape index (κ3) is 2.65. The molecule has 0 saturated heterocycles. The Balaban J connectivity index is 1.86. The standard InChI is InChI=1S/C17H16N2O3/c1-12-16(17(20)22-11-13-6-4-3-5-7-13)19-9-8-14(21-2)10-15(19)18-12/h3-10H,11H2,1-2H3. The number of nitrogens with zero attached hydrogens (tertiary/aromatic N) is 2. The first-order valence-electron chi connectivity index (χ1n) is 6.93. The summed E-state index contributed by atoms with van der Waals surface area (Å²) in [6.07, 6.45) is 1.76. The minimum Gasteiger partial charge on any atom is -0.497 e. The van der Waals surface area contributed by atoms with Gasteiger partial charge in [-0.1, -0.05) is 30.3 Å². The molecule has 5 heteroatoms. The van der Waals surface area contributed by atoms with Gasteiger partial charge in [-0.3, -0.25) is 4.40 Å². The lowest BCUT2D eigenvalue weighted by molar-refractivity contribution is 0.0463. The van der Waals surface area contributed by atoms with Crippen molar-refractivity contribution in [3.63, 3.8) is 0 Å². The molecule has 0 amide bonds. The van der Waals surface area contributed by atoms with Crippen LogP contribution in [0.2, 0.25) is 0 Å². The molecule has 0 unspecified atom stereocenters. The summed E-state index contributed by atoms with van der Waals surface area (Å²) in [5.74, 6) is 0.306. The van der Waals surface area contributed by atoms with E-state index >= 15 is 0 Å². The summed E-state index contributed by atoms with van der Waals surface area (Å²) in [6, 6.07) is 13.1. The molecule has 0 spiro atoms. The molecule has 112 valence electrons. The van der Waals surface area contributed by atoms with Gasteiger partial charge in [0.1, 0.15) is 18.0 Å². The van der Waals surface area contributed by atoms with Crippen LogP contribution in [-0.2, 0) is 11.3 Å². The average Bonchev–Trinajstić information content (AvgIpc) is 2.88. The van der Waals surface area contributed by atoms with Gasteiger partial charge in [0.15, 0.2) is 5.69 Å². The van der Waals surface area contributed by atoms with Crippen molar-refractivity contribution in [3.8, 4) is 5.75 Å². The number of aryl methyl sites for hydroxylation is 1. The highest BCUT2D eigenvalue weighted by atomic mass is 16.5. The van der Waals surface area contributed by atoms with Crippen LogP contribution in [0, 0.1) is 6.92 Å². The van der Waals surface area contributed by atoms with E-state index in [2.05, 4.69) is 4.98 Å². The lowest BCUT2D eigenvalue weighted by atomic mass is 10.2. The second-order valence-electron chi connectivity index (χ2n) is 4.90. The van der Waals surface area contributed by atoms with Gasteiger partial charge in [0, 0.05) is 12.3 Å². The Labute approximate surface area is 128 Å². The monoisotopic (exact) mass is 296 g/mol. The summed E-state index contributed by atoms with van der Waals surface area (Å²) in [7, 11) is 1.59. The van der Waals surface area contributed by atoms with E-state index in [0.717, 1.165) is 5.56 Å². The molecule has 0 atom stereocenters. The van der Waals surface area contributed by atoms with Crippen molar-refractivity contribution in [2.45, 2.75) is 13.5 Å². The van der Waals surface area contributed by atoms with Crippen LogP contribution in [0.1, 0.15) is 21.7 Å². The first kappa shape index (κ1) is 14.1. The zero-order valence-corrected chi connectivity index (χ0v) is 12.4. The van der Waals surface area contributed by atoms with Crippen molar-refractivity contribution >= 4 is 11.6 Å². The van der Waals surface area contributed by atoms with Crippen LogP contribution in [0.4, 0.5) is 0 Å². The number of methoxy groups -OCH3 is 1. The Kier molecular flexibility index (Phi) is 3.78. The van der Waals surface area contributed by atoms with Gasteiger partial charge < -0.3 is 9.47 Å². The number of ether oxygens (including phenoxy) is 2. The minimum absolute atomic E-state index is 0.239. The third-order valence-corrected chi connectivity index (χ3v) is 3.41.